The molecule has 180 valence electrons. The fourth-order valence-corrected chi connectivity index (χ4v) is 5.74. The lowest BCUT2D eigenvalue weighted by Crippen LogP contribution is -3.14. The first-order valence-electron chi connectivity index (χ1n) is 11.5. The number of anilines is 1. The molecule has 2 unspecified atom stereocenters. The van der Waals surface area contributed by atoms with E-state index in [1.54, 1.807) is 19.1 Å². The van der Waals surface area contributed by atoms with E-state index in [4.69, 9.17) is 11.6 Å². The summed E-state index contributed by atoms with van der Waals surface area (Å²) in [7, 11) is 0. The predicted octanol–water partition coefficient (Wildman–Crippen LogP) is 2.16. The average molecular weight is 503 g/mol. The highest BCUT2D eigenvalue weighted by atomic mass is 35.5. The van der Waals surface area contributed by atoms with Crippen LogP contribution in [0.25, 0.3) is 10.2 Å². The van der Waals surface area contributed by atoms with Crippen LogP contribution in [0.15, 0.2) is 29.3 Å². The molecule has 2 amide bonds. The fourth-order valence-electron chi connectivity index (χ4n) is 4.51. The van der Waals surface area contributed by atoms with Gasteiger partial charge in [-0.15, -0.1) is 11.3 Å². The summed E-state index contributed by atoms with van der Waals surface area (Å²) in [6, 6.07) is 5.66. The number of hydrogen-bond acceptors (Lipinski definition) is 5. The summed E-state index contributed by atoms with van der Waals surface area (Å²) in [6.07, 6.45) is 3.64. The quantitative estimate of drug-likeness (QED) is 0.461. The number of carbonyl (C=O) groups excluding carboxylic acids is 2. The molecule has 2 aromatic heterocycles. The van der Waals surface area contributed by atoms with Crippen LogP contribution >= 0.6 is 22.9 Å². The maximum Gasteiger partial charge on any atom is 0.262 e. The molecular weight excluding hydrogens is 474 g/mol. The first kappa shape index (κ1) is 24.4. The number of benzene rings is 1. The Morgan fingerprint density at radius 1 is 1.32 bits per heavy atom. The van der Waals surface area contributed by atoms with Gasteiger partial charge in [0.25, 0.3) is 11.5 Å². The number of fused-ring (bicyclic) bond motifs is 1. The van der Waals surface area contributed by atoms with Crippen molar-refractivity contribution in [2.45, 2.75) is 46.2 Å². The summed E-state index contributed by atoms with van der Waals surface area (Å²) < 4.78 is 1.26. The lowest BCUT2D eigenvalue weighted by molar-refractivity contribution is -0.909. The highest BCUT2D eigenvalue weighted by molar-refractivity contribution is 7.20. The first-order chi connectivity index (χ1) is 16.3. The Kier molecular flexibility index (Phi) is 7.35. The van der Waals surface area contributed by atoms with Crippen molar-refractivity contribution in [3.63, 3.8) is 0 Å². The molecule has 34 heavy (non-hydrogen) atoms. The minimum Gasteiger partial charge on any atom is -0.345 e. The summed E-state index contributed by atoms with van der Waals surface area (Å²) >= 11 is 7.33. The highest BCUT2D eigenvalue weighted by Gasteiger charge is 2.28. The van der Waals surface area contributed by atoms with Crippen LogP contribution in [0.1, 0.15) is 40.6 Å². The van der Waals surface area contributed by atoms with E-state index in [9.17, 15) is 14.4 Å². The molecule has 0 radical (unpaired) electrons. The van der Waals surface area contributed by atoms with Crippen molar-refractivity contribution in [1.82, 2.24) is 14.9 Å². The van der Waals surface area contributed by atoms with E-state index in [2.05, 4.69) is 22.5 Å². The van der Waals surface area contributed by atoms with Crippen molar-refractivity contribution in [2.75, 3.05) is 25.0 Å². The molecule has 10 heteroatoms. The third-order valence-electron chi connectivity index (χ3n) is 6.48. The van der Waals surface area contributed by atoms with Gasteiger partial charge in [-0.3, -0.25) is 19.0 Å². The monoisotopic (exact) mass is 502 g/mol. The molecule has 1 aliphatic rings. The number of aromatic nitrogens is 2. The molecule has 1 aliphatic heterocycles. The molecule has 0 spiro atoms. The van der Waals surface area contributed by atoms with Gasteiger partial charge in [0, 0.05) is 23.6 Å². The summed E-state index contributed by atoms with van der Waals surface area (Å²) in [5.41, 5.74) is 1.72. The third-order valence-corrected chi connectivity index (χ3v) is 8.09. The highest BCUT2D eigenvalue weighted by Crippen LogP contribution is 2.26. The van der Waals surface area contributed by atoms with E-state index in [0.29, 0.717) is 44.0 Å². The molecule has 3 aromatic rings. The van der Waals surface area contributed by atoms with Crippen LogP contribution in [-0.4, -0.2) is 47.0 Å². The van der Waals surface area contributed by atoms with Crippen LogP contribution in [0.3, 0.4) is 0 Å². The molecule has 1 fully saturated rings. The van der Waals surface area contributed by atoms with E-state index in [1.807, 2.05) is 13.0 Å². The van der Waals surface area contributed by atoms with Crippen LogP contribution in [0.5, 0.6) is 0 Å². The Morgan fingerprint density at radius 2 is 2.12 bits per heavy atom. The number of aryl methyl sites for hydroxylation is 2. The molecule has 0 bridgehead atoms. The molecule has 2 atom stereocenters. The van der Waals surface area contributed by atoms with Crippen LogP contribution in [0.4, 0.5) is 5.69 Å². The lowest BCUT2D eigenvalue weighted by Gasteiger charge is -2.20. The number of quaternary nitrogens is 1. The summed E-state index contributed by atoms with van der Waals surface area (Å²) in [4.78, 5) is 45.4. The van der Waals surface area contributed by atoms with Crippen molar-refractivity contribution in [3.05, 3.63) is 55.9 Å². The minimum absolute atomic E-state index is 0.178. The second-order valence-corrected chi connectivity index (χ2v) is 10.1. The van der Waals surface area contributed by atoms with Crippen LogP contribution < -0.4 is 21.1 Å². The van der Waals surface area contributed by atoms with Gasteiger partial charge in [-0.05, 0) is 44.0 Å². The standard InChI is InChI=1S/C24H28ClN5O3S/c1-4-29-9-5-6-17(29)11-26-22(32)21-15(3)20-23(34-21)27-13-30(24(20)33)12-19(31)28-16-8-7-14(2)18(25)10-16/h7-8,10,13,17H,4-6,9,11-12H2,1-3H3,(H,26,32)(H,28,31)/p+1. The van der Waals surface area contributed by atoms with E-state index in [-0.39, 0.29) is 23.9 Å². The van der Waals surface area contributed by atoms with Gasteiger partial charge in [0.2, 0.25) is 5.91 Å². The summed E-state index contributed by atoms with van der Waals surface area (Å²) in [6.45, 7) is 8.43. The molecule has 3 heterocycles. The van der Waals surface area contributed by atoms with Crippen molar-refractivity contribution in [2.24, 2.45) is 0 Å². The van der Waals surface area contributed by atoms with Crippen LogP contribution in [-0.2, 0) is 11.3 Å². The van der Waals surface area contributed by atoms with Gasteiger partial charge >= 0.3 is 0 Å². The maximum absolute atomic E-state index is 13.1. The number of carbonyl (C=O) groups is 2. The van der Waals surface area contributed by atoms with Crippen molar-refractivity contribution in [1.29, 1.82) is 0 Å². The number of amides is 2. The van der Waals surface area contributed by atoms with Crippen LogP contribution in [0.2, 0.25) is 5.02 Å². The smallest absolute Gasteiger partial charge is 0.262 e. The van der Waals surface area contributed by atoms with Gasteiger partial charge in [-0.2, -0.15) is 0 Å². The number of likely N-dealkylation sites (tertiary alicyclic amines) is 1. The zero-order valence-electron chi connectivity index (χ0n) is 19.5. The molecule has 0 saturated carbocycles. The molecule has 1 aromatic carbocycles. The number of rotatable bonds is 7. The maximum atomic E-state index is 13.1. The molecule has 3 N–H and O–H groups in total. The zero-order valence-corrected chi connectivity index (χ0v) is 21.1. The second kappa shape index (κ2) is 10.2. The number of likely N-dealkylation sites (N-methyl/N-ethyl adjacent to an activating group) is 1. The van der Waals surface area contributed by atoms with Gasteiger partial charge in [-0.1, -0.05) is 17.7 Å². The molecule has 1 saturated heterocycles. The Labute approximate surface area is 206 Å². The summed E-state index contributed by atoms with van der Waals surface area (Å²) in [5.74, 6) is -0.545. The largest absolute Gasteiger partial charge is 0.345 e. The predicted molar refractivity (Wildman–Crippen MR) is 135 cm³/mol. The van der Waals surface area contributed by atoms with Crippen molar-refractivity contribution >= 4 is 50.7 Å². The van der Waals surface area contributed by atoms with Gasteiger partial charge in [0.15, 0.2) is 0 Å². The Balaban J connectivity index is 1.49. The molecule has 4 rings (SSSR count). The van der Waals surface area contributed by atoms with E-state index in [0.717, 1.165) is 25.1 Å². The topological polar surface area (TPSA) is 97.5 Å². The molecule has 0 aliphatic carbocycles. The number of halogens is 1. The number of nitrogens with zero attached hydrogens (tertiary/aromatic N) is 2. The number of thiophene rings is 1. The molecule has 8 nitrogen and oxygen atoms in total. The molecular formula is C24H29ClN5O3S+. The zero-order chi connectivity index (χ0) is 24.4. The van der Waals surface area contributed by atoms with Gasteiger partial charge in [-0.25, -0.2) is 4.98 Å². The van der Waals surface area contributed by atoms with Gasteiger partial charge in [0.05, 0.1) is 36.2 Å². The van der Waals surface area contributed by atoms with Crippen molar-refractivity contribution < 1.29 is 14.5 Å². The van der Waals surface area contributed by atoms with Gasteiger partial charge < -0.3 is 15.5 Å². The Bertz CT molecular complexity index is 1300. The van der Waals surface area contributed by atoms with E-state index in [1.165, 1.54) is 33.6 Å². The average Bonchev–Trinajstić information content (AvgIpc) is 3.40. The Hall–Kier alpha value is -2.75. The normalized spacial score (nSPS) is 17.8. The Morgan fingerprint density at radius 3 is 2.85 bits per heavy atom. The first-order valence-corrected chi connectivity index (χ1v) is 12.6. The van der Waals surface area contributed by atoms with E-state index < -0.39 is 0 Å². The SMILES string of the molecule is CC[NH+]1CCCC1CNC(=O)c1sc2ncn(CC(=O)Nc3ccc(C)c(Cl)c3)c(=O)c2c1C. The van der Waals surface area contributed by atoms with Crippen molar-refractivity contribution in [3.8, 4) is 0 Å². The van der Waals surface area contributed by atoms with E-state index >= 15 is 0 Å². The fraction of sp³-hybridized carbons (Fsp3) is 0.417. The third kappa shape index (κ3) is 5.01. The second-order valence-electron chi connectivity index (χ2n) is 8.74. The number of nitrogens with one attached hydrogen (secondary N) is 3. The minimum atomic E-state index is -0.367. The van der Waals surface area contributed by atoms with Crippen LogP contribution in [0, 0.1) is 13.8 Å². The summed E-state index contributed by atoms with van der Waals surface area (Å²) in [5, 5.41) is 6.73. The number of hydrogen-bond donors (Lipinski definition) is 3. The van der Waals surface area contributed by atoms with Gasteiger partial charge in [0.1, 0.15) is 17.4 Å². The lowest BCUT2D eigenvalue weighted by atomic mass is 10.2.